The number of aliphatic hydroxyl groups excluding tert-OH is 2. The van der Waals surface area contributed by atoms with Crippen molar-refractivity contribution in [1.82, 2.24) is 0 Å². The largest absolute Gasteiger partial charge is 0.472 e. The Hall–Kier alpha value is -2.09. The molecule has 55 heavy (non-hydrogen) atoms. The van der Waals surface area contributed by atoms with Gasteiger partial charge in [-0.25, -0.2) is 4.57 Å². The Morgan fingerprint density at radius 1 is 0.436 bits per heavy atom. The molecule has 0 aromatic rings. The molecule has 15 heteroatoms. The van der Waals surface area contributed by atoms with Gasteiger partial charge in [-0.15, -0.1) is 0 Å². The molecule has 0 aromatic heterocycles. The van der Waals surface area contributed by atoms with Crippen molar-refractivity contribution in [3.8, 4) is 0 Å². The summed E-state index contributed by atoms with van der Waals surface area (Å²) in [5.74, 6) is -2.71. The molecule has 0 heterocycles. The van der Waals surface area contributed by atoms with Gasteiger partial charge in [0.25, 0.3) is 0 Å². The highest BCUT2D eigenvalue weighted by atomic mass is 31.2. The highest BCUT2D eigenvalue weighted by Crippen LogP contribution is 2.43. The molecule has 0 amide bonds. The van der Waals surface area contributed by atoms with Crippen LogP contribution in [0.5, 0.6) is 0 Å². The Balaban J connectivity index is 4.94. The zero-order chi connectivity index (χ0) is 40.8. The highest BCUT2D eigenvalue weighted by Gasteiger charge is 2.29. The van der Waals surface area contributed by atoms with Gasteiger partial charge < -0.3 is 34.1 Å². The number of ether oxygens (including phenoxy) is 4. The Labute approximate surface area is 330 Å². The molecule has 0 saturated carbocycles. The summed E-state index contributed by atoms with van der Waals surface area (Å²) in [6.07, 6.45) is 22.0. The summed E-state index contributed by atoms with van der Waals surface area (Å²) < 4.78 is 43.6. The summed E-state index contributed by atoms with van der Waals surface area (Å²) in [5.41, 5.74) is 0. The fourth-order valence-corrected chi connectivity index (χ4v) is 6.46. The van der Waals surface area contributed by atoms with Crippen molar-refractivity contribution in [3.05, 3.63) is 0 Å². The van der Waals surface area contributed by atoms with Crippen LogP contribution in [0.25, 0.3) is 0 Å². The van der Waals surface area contributed by atoms with Gasteiger partial charge in [0.05, 0.1) is 39.3 Å². The molecule has 3 atom stereocenters. The Bertz CT molecular complexity index is 1010. The Morgan fingerprint density at radius 3 is 1.09 bits per heavy atom. The molecule has 0 saturated heterocycles. The van der Waals surface area contributed by atoms with Gasteiger partial charge in [0.1, 0.15) is 13.2 Å². The molecule has 0 fully saturated rings. The zero-order valence-corrected chi connectivity index (χ0v) is 35.0. The number of hydrogen-bond donors (Lipinski definition) is 3. The summed E-state index contributed by atoms with van der Waals surface area (Å²) in [4.78, 5) is 59.1. The number of esters is 4. The van der Waals surface area contributed by atoms with Crippen molar-refractivity contribution < 1.29 is 66.8 Å². The van der Waals surface area contributed by atoms with Crippen molar-refractivity contribution in [3.63, 3.8) is 0 Å². The van der Waals surface area contributed by atoms with E-state index in [4.69, 9.17) is 38.2 Å². The molecule has 324 valence electrons. The molecule has 0 bridgehead atoms. The number of hydrogen-bond acceptors (Lipinski definition) is 13. The molecular weight excluding hydrogens is 735 g/mol. The quantitative estimate of drug-likeness (QED) is 0.0231. The van der Waals surface area contributed by atoms with E-state index < -0.39 is 76.9 Å². The minimum absolute atomic E-state index is 0.128. The lowest BCUT2D eigenvalue weighted by Crippen LogP contribution is -2.31. The van der Waals surface area contributed by atoms with E-state index in [1.807, 2.05) is 0 Å². The smallest absolute Gasteiger partial charge is 0.462 e. The summed E-state index contributed by atoms with van der Waals surface area (Å²) in [5, 5.41) is 17.9. The van der Waals surface area contributed by atoms with Gasteiger partial charge >= 0.3 is 31.7 Å². The average molecular weight is 811 g/mol. The van der Waals surface area contributed by atoms with Crippen LogP contribution in [0.4, 0.5) is 0 Å². The molecule has 2 unspecified atom stereocenters. The van der Waals surface area contributed by atoms with Gasteiger partial charge in [-0.1, -0.05) is 142 Å². The molecule has 0 spiro atoms. The summed E-state index contributed by atoms with van der Waals surface area (Å²) in [6.45, 7) is 1.14. The van der Waals surface area contributed by atoms with Crippen LogP contribution in [0.1, 0.15) is 181 Å². The maximum Gasteiger partial charge on any atom is 0.472 e. The van der Waals surface area contributed by atoms with Gasteiger partial charge in [0.15, 0.2) is 12.2 Å². The molecular formula is C40H75O14P. The van der Waals surface area contributed by atoms with E-state index >= 15 is 0 Å². The third-order valence-corrected chi connectivity index (χ3v) is 9.86. The lowest BCUT2D eigenvalue weighted by atomic mass is 10.1. The number of rotatable bonds is 40. The van der Waals surface area contributed by atoms with Crippen LogP contribution >= 0.6 is 7.82 Å². The van der Waals surface area contributed by atoms with Crippen LogP contribution in [-0.4, -0.2) is 90.8 Å². The minimum Gasteiger partial charge on any atom is -0.462 e. The normalized spacial score (nSPS) is 13.5. The second kappa shape index (κ2) is 37.5. The number of carbonyl (C=O) groups excluding carboxylic acids is 4. The first-order chi connectivity index (χ1) is 26.6. The number of phosphoric acid groups is 1. The predicted molar refractivity (Wildman–Crippen MR) is 209 cm³/mol. The number of unbranched alkanes of at least 4 members (excludes halogenated alkanes) is 20. The van der Waals surface area contributed by atoms with E-state index in [-0.39, 0.29) is 32.3 Å². The molecule has 3 N–H and O–H groups in total. The molecule has 0 aliphatic heterocycles. The van der Waals surface area contributed by atoms with E-state index in [1.165, 1.54) is 89.9 Å². The Morgan fingerprint density at radius 2 is 0.727 bits per heavy atom. The average Bonchev–Trinajstić information content (AvgIpc) is 3.15. The fourth-order valence-electron chi connectivity index (χ4n) is 5.68. The van der Waals surface area contributed by atoms with Crippen LogP contribution < -0.4 is 0 Å². The van der Waals surface area contributed by atoms with E-state index in [9.17, 15) is 28.6 Å². The third kappa shape index (κ3) is 36.0. The van der Waals surface area contributed by atoms with Crippen LogP contribution in [-0.2, 0) is 51.7 Å². The maximum absolute atomic E-state index is 12.8. The van der Waals surface area contributed by atoms with Gasteiger partial charge in [0, 0.05) is 12.8 Å². The second-order valence-electron chi connectivity index (χ2n) is 14.2. The first-order valence-electron chi connectivity index (χ1n) is 21.1. The second-order valence-corrected chi connectivity index (χ2v) is 15.6. The van der Waals surface area contributed by atoms with Crippen molar-refractivity contribution in [2.24, 2.45) is 0 Å². The topological polar surface area (TPSA) is 201 Å². The van der Waals surface area contributed by atoms with Crippen LogP contribution in [0.3, 0.4) is 0 Å². The summed E-state index contributed by atoms with van der Waals surface area (Å²) >= 11 is 0. The van der Waals surface area contributed by atoms with Gasteiger partial charge in [-0.3, -0.25) is 28.2 Å². The van der Waals surface area contributed by atoms with Crippen molar-refractivity contribution >= 4 is 31.7 Å². The minimum atomic E-state index is -4.85. The summed E-state index contributed by atoms with van der Waals surface area (Å²) in [6, 6.07) is 0. The van der Waals surface area contributed by atoms with E-state index in [0.29, 0.717) is 12.8 Å². The molecule has 0 aliphatic carbocycles. The fraction of sp³-hybridized carbons (Fsp3) is 0.900. The Kier molecular flexibility index (Phi) is 36.1. The lowest BCUT2D eigenvalue weighted by molar-refractivity contribution is -0.162. The molecule has 0 rings (SSSR count). The third-order valence-electron chi connectivity index (χ3n) is 8.90. The van der Waals surface area contributed by atoms with Crippen LogP contribution in [0.15, 0.2) is 0 Å². The molecule has 0 radical (unpaired) electrons. The SMILES string of the molecule is CCCCCCCCCCCCCC(=O)OC[C@H](COP(=O)(O)OCC(COC(=O)CCO)OC(=O)CCO)OC(=O)CCCCCCCCCCCCC. The summed E-state index contributed by atoms with van der Waals surface area (Å²) in [7, 11) is -4.85. The van der Waals surface area contributed by atoms with Crippen molar-refractivity contribution in [1.29, 1.82) is 0 Å². The molecule has 0 aromatic carbocycles. The maximum atomic E-state index is 12.8. The number of phosphoric ester groups is 1. The van der Waals surface area contributed by atoms with E-state index in [0.717, 1.165) is 38.5 Å². The monoisotopic (exact) mass is 810 g/mol. The van der Waals surface area contributed by atoms with Gasteiger partial charge in [-0.2, -0.15) is 0 Å². The molecule has 0 aliphatic rings. The number of aliphatic hydroxyl groups is 2. The van der Waals surface area contributed by atoms with Crippen molar-refractivity contribution in [2.45, 2.75) is 193 Å². The van der Waals surface area contributed by atoms with Crippen LogP contribution in [0, 0.1) is 0 Å². The zero-order valence-electron chi connectivity index (χ0n) is 34.1. The van der Waals surface area contributed by atoms with E-state index in [1.54, 1.807) is 0 Å². The van der Waals surface area contributed by atoms with Gasteiger partial charge in [-0.05, 0) is 12.8 Å². The lowest BCUT2D eigenvalue weighted by Gasteiger charge is -2.22. The van der Waals surface area contributed by atoms with E-state index in [2.05, 4.69) is 13.8 Å². The van der Waals surface area contributed by atoms with Crippen molar-refractivity contribution in [2.75, 3.05) is 39.6 Å². The standard InChI is InChI=1S/C40H75O14P/c1-3-5-7-9-11-13-15-17-19-21-23-25-37(43)49-31-35(53-39(45)26-24-22-20-18-16-14-12-10-8-6-4-2)33-51-55(47,48)52-34-36(54-40(46)28-30-42)32-50-38(44)27-29-41/h35-36,41-42H,3-34H2,1-2H3,(H,47,48)/t35-,36?/m1/s1. The van der Waals surface area contributed by atoms with Gasteiger partial charge in [0.2, 0.25) is 0 Å². The first-order valence-corrected chi connectivity index (χ1v) is 22.6. The predicted octanol–water partition coefficient (Wildman–Crippen LogP) is 8.20. The number of carbonyl (C=O) groups is 4. The molecule has 14 nitrogen and oxygen atoms in total. The highest BCUT2D eigenvalue weighted by molar-refractivity contribution is 7.47. The van der Waals surface area contributed by atoms with Crippen LogP contribution in [0.2, 0.25) is 0 Å². The first kappa shape index (κ1) is 52.9.